The van der Waals surface area contributed by atoms with Crippen LogP contribution in [0.3, 0.4) is 0 Å². The second kappa shape index (κ2) is 6.30. The number of hydrogen-bond acceptors (Lipinski definition) is 3. The van der Waals surface area contributed by atoms with E-state index in [4.69, 9.17) is 0 Å². The van der Waals surface area contributed by atoms with Crippen molar-refractivity contribution < 1.29 is 13.2 Å². The van der Waals surface area contributed by atoms with Crippen LogP contribution in [0.1, 0.15) is 11.3 Å². The highest BCUT2D eigenvalue weighted by Gasteiger charge is 2.33. The van der Waals surface area contributed by atoms with Crippen LogP contribution < -0.4 is 10.2 Å². The third-order valence-electron chi connectivity index (χ3n) is 3.71. The van der Waals surface area contributed by atoms with Gasteiger partial charge in [-0.15, -0.1) is 12.4 Å². The molecule has 3 rings (SSSR count). The molecular weight excluding hydrogens is 315 g/mol. The number of para-hydroxylation sites is 1. The van der Waals surface area contributed by atoms with Crippen LogP contribution in [0.15, 0.2) is 24.3 Å². The molecule has 0 unspecified atom stereocenters. The number of nitrogens with one attached hydrogen (secondary N) is 1. The standard InChI is InChI=1S/C15H16F3N3.ClH/c1-10-9-13(21-7-5-19-6-8-21)11-3-2-4-12(14(11)20-10)15(16,17)18;/h2-4,9,19H,5-8H2,1H3;1H. The summed E-state index contributed by atoms with van der Waals surface area (Å²) in [6, 6.07) is 6.13. The number of rotatable bonds is 1. The Morgan fingerprint density at radius 3 is 2.50 bits per heavy atom. The number of halogens is 4. The number of benzene rings is 1. The number of aromatic nitrogens is 1. The fourth-order valence-electron chi connectivity index (χ4n) is 2.75. The number of nitrogens with zero attached hydrogens (tertiary/aromatic N) is 2. The minimum atomic E-state index is -4.39. The van der Waals surface area contributed by atoms with Gasteiger partial charge in [0.05, 0.1) is 11.1 Å². The second-order valence-electron chi connectivity index (χ2n) is 5.22. The van der Waals surface area contributed by atoms with E-state index in [1.54, 1.807) is 13.0 Å². The van der Waals surface area contributed by atoms with Crippen molar-refractivity contribution in [3.05, 3.63) is 35.5 Å². The number of hydrogen-bond donors (Lipinski definition) is 1. The number of fused-ring (bicyclic) bond motifs is 1. The maximum absolute atomic E-state index is 13.2. The fourth-order valence-corrected chi connectivity index (χ4v) is 2.75. The average molecular weight is 332 g/mol. The molecule has 1 saturated heterocycles. The number of anilines is 1. The molecule has 0 amide bonds. The maximum atomic E-state index is 13.2. The molecule has 120 valence electrons. The summed E-state index contributed by atoms with van der Waals surface area (Å²) in [6.45, 7) is 4.98. The third kappa shape index (κ3) is 3.13. The Bertz CT molecular complexity index is 667. The van der Waals surface area contributed by atoms with Gasteiger partial charge in [0.1, 0.15) is 0 Å². The minimum absolute atomic E-state index is 0. The predicted octanol–water partition coefficient (Wildman–Crippen LogP) is 3.39. The highest BCUT2D eigenvalue weighted by molar-refractivity contribution is 5.94. The maximum Gasteiger partial charge on any atom is 0.418 e. The van der Waals surface area contributed by atoms with E-state index in [1.165, 1.54) is 6.07 Å². The van der Waals surface area contributed by atoms with Gasteiger partial charge in [0.2, 0.25) is 0 Å². The van der Waals surface area contributed by atoms with Crippen LogP contribution in [0.4, 0.5) is 18.9 Å². The summed E-state index contributed by atoms with van der Waals surface area (Å²) >= 11 is 0. The Hall–Kier alpha value is -1.53. The van der Waals surface area contributed by atoms with Crippen molar-refractivity contribution in [2.45, 2.75) is 13.1 Å². The normalized spacial score (nSPS) is 15.7. The van der Waals surface area contributed by atoms with Crippen molar-refractivity contribution in [2.24, 2.45) is 0 Å². The molecule has 0 radical (unpaired) electrons. The van der Waals surface area contributed by atoms with Gasteiger partial charge in [0, 0.05) is 42.9 Å². The first-order chi connectivity index (χ1) is 9.97. The Morgan fingerprint density at radius 1 is 1.18 bits per heavy atom. The van der Waals surface area contributed by atoms with Crippen LogP contribution >= 0.6 is 12.4 Å². The molecule has 7 heteroatoms. The monoisotopic (exact) mass is 331 g/mol. The van der Waals surface area contributed by atoms with Crippen molar-refractivity contribution in [1.82, 2.24) is 10.3 Å². The van der Waals surface area contributed by atoms with Gasteiger partial charge in [0.15, 0.2) is 0 Å². The number of piperazine rings is 1. The highest BCUT2D eigenvalue weighted by atomic mass is 35.5. The summed E-state index contributed by atoms with van der Waals surface area (Å²) in [6.07, 6.45) is -4.39. The van der Waals surface area contributed by atoms with Gasteiger partial charge in [-0.3, -0.25) is 4.98 Å². The van der Waals surface area contributed by atoms with Gasteiger partial charge in [-0.1, -0.05) is 12.1 Å². The predicted molar refractivity (Wildman–Crippen MR) is 83.8 cm³/mol. The highest BCUT2D eigenvalue weighted by Crippen LogP contribution is 2.37. The molecule has 0 spiro atoms. The molecule has 3 nitrogen and oxygen atoms in total. The van der Waals surface area contributed by atoms with Crippen molar-refractivity contribution in [3.8, 4) is 0 Å². The Balaban J connectivity index is 0.00000176. The van der Waals surface area contributed by atoms with E-state index in [1.807, 2.05) is 6.07 Å². The lowest BCUT2D eigenvalue weighted by molar-refractivity contribution is -0.136. The summed E-state index contributed by atoms with van der Waals surface area (Å²) in [5.74, 6) is 0. The van der Waals surface area contributed by atoms with E-state index < -0.39 is 11.7 Å². The number of alkyl halides is 3. The summed E-state index contributed by atoms with van der Waals surface area (Å²) in [5, 5.41) is 3.81. The minimum Gasteiger partial charge on any atom is -0.368 e. The first-order valence-corrected chi connectivity index (χ1v) is 6.90. The van der Waals surface area contributed by atoms with Crippen LogP contribution in [0.5, 0.6) is 0 Å². The van der Waals surface area contributed by atoms with Gasteiger partial charge in [-0.05, 0) is 19.1 Å². The van der Waals surface area contributed by atoms with E-state index in [0.29, 0.717) is 11.1 Å². The van der Waals surface area contributed by atoms with Gasteiger partial charge < -0.3 is 10.2 Å². The molecule has 2 aromatic rings. The zero-order valence-electron chi connectivity index (χ0n) is 12.1. The molecule has 1 N–H and O–H groups in total. The molecule has 1 aliphatic heterocycles. The van der Waals surface area contributed by atoms with Gasteiger partial charge in [-0.2, -0.15) is 13.2 Å². The van der Waals surface area contributed by atoms with Crippen LogP contribution in [0, 0.1) is 6.92 Å². The quantitative estimate of drug-likeness (QED) is 0.868. The molecule has 2 heterocycles. The van der Waals surface area contributed by atoms with Crippen LogP contribution in [-0.4, -0.2) is 31.2 Å². The molecule has 0 aliphatic carbocycles. The molecule has 0 saturated carbocycles. The molecule has 1 aliphatic rings. The van der Waals surface area contributed by atoms with Gasteiger partial charge in [-0.25, -0.2) is 0 Å². The number of aryl methyl sites for hydroxylation is 1. The van der Waals surface area contributed by atoms with E-state index >= 15 is 0 Å². The Labute approximate surface area is 132 Å². The van der Waals surface area contributed by atoms with Crippen LogP contribution in [0.2, 0.25) is 0 Å². The fraction of sp³-hybridized carbons (Fsp3) is 0.400. The van der Waals surface area contributed by atoms with Crippen molar-refractivity contribution in [2.75, 3.05) is 31.1 Å². The van der Waals surface area contributed by atoms with E-state index in [9.17, 15) is 13.2 Å². The molecule has 0 atom stereocenters. The summed E-state index contributed by atoms with van der Waals surface area (Å²) in [4.78, 5) is 6.25. The summed E-state index contributed by atoms with van der Waals surface area (Å²) in [7, 11) is 0. The zero-order chi connectivity index (χ0) is 15.0. The molecule has 1 aromatic heterocycles. The lowest BCUT2D eigenvalue weighted by atomic mass is 10.1. The van der Waals surface area contributed by atoms with E-state index in [2.05, 4.69) is 15.2 Å². The lowest BCUT2D eigenvalue weighted by Gasteiger charge is -2.30. The Kier molecular flexibility index (Phi) is 4.82. The Morgan fingerprint density at radius 2 is 1.86 bits per heavy atom. The second-order valence-corrected chi connectivity index (χ2v) is 5.22. The lowest BCUT2D eigenvalue weighted by Crippen LogP contribution is -2.43. The topological polar surface area (TPSA) is 28.2 Å². The molecule has 1 aromatic carbocycles. The summed E-state index contributed by atoms with van der Waals surface area (Å²) in [5.41, 5.74) is 0.816. The molecule has 1 fully saturated rings. The molecule has 0 bridgehead atoms. The largest absolute Gasteiger partial charge is 0.418 e. The third-order valence-corrected chi connectivity index (χ3v) is 3.71. The van der Waals surface area contributed by atoms with E-state index in [-0.39, 0.29) is 17.9 Å². The van der Waals surface area contributed by atoms with Crippen molar-refractivity contribution in [1.29, 1.82) is 0 Å². The van der Waals surface area contributed by atoms with Gasteiger partial charge >= 0.3 is 6.18 Å². The zero-order valence-corrected chi connectivity index (χ0v) is 12.9. The molecule has 22 heavy (non-hydrogen) atoms. The number of pyridine rings is 1. The van der Waals surface area contributed by atoms with Crippen LogP contribution in [0.25, 0.3) is 10.9 Å². The average Bonchev–Trinajstić information content (AvgIpc) is 2.45. The first-order valence-electron chi connectivity index (χ1n) is 6.90. The summed E-state index contributed by atoms with van der Waals surface area (Å²) < 4.78 is 39.5. The first kappa shape index (κ1) is 16.8. The van der Waals surface area contributed by atoms with Crippen molar-refractivity contribution in [3.63, 3.8) is 0 Å². The smallest absolute Gasteiger partial charge is 0.368 e. The van der Waals surface area contributed by atoms with E-state index in [0.717, 1.165) is 37.9 Å². The molecular formula is C15H17ClF3N3. The van der Waals surface area contributed by atoms with Crippen molar-refractivity contribution >= 4 is 29.0 Å². The van der Waals surface area contributed by atoms with Gasteiger partial charge in [0.25, 0.3) is 0 Å². The SMILES string of the molecule is Cc1cc(N2CCNCC2)c2cccc(C(F)(F)F)c2n1.Cl. The van der Waals surface area contributed by atoms with Crippen LogP contribution in [-0.2, 0) is 6.18 Å².